The first kappa shape index (κ1) is 26.1. The summed E-state index contributed by atoms with van der Waals surface area (Å²) in [5.41, 5.74) is 4.38. The van der Waals surface area contributed by atoms with E-state index < -0.39 is 22.7 Å². The number of esters is 3. The molecule has 0 saturated carbocycles. The average Bonchev–Trinajstić information content (AvgIpc) is 2.45. The van der Waals surface area contributed by atoms with Crippen molar-refractivity contribution in [1.29, 1.82) is 0 Å². The van der Waals surface area contributed by atoms with Crippen LogP contribution in [-0.2, 0) is 28.6 Å². The lowest BCUT2D eigenvalue weighted by Gasteiger charge is -2.30. The molecule has 0 unspecified atom stereocenters. The Kier molecular flexibility index (Phi) is 9.88. The number of ether oxygens (including phenoxy) is 3. The van der Waals surface area contributed by atoms with Gasteiger partial charge in [-0.05, 0) is 67.7 Å². The molecule has 0 fully saturated rings. The highest BCUT2D eigenvalue weighted by atomic mass is 16.6. The van der Waals surface area contributed by atoms with Gasteiger partial charge < -0.3 is 19.9 Å². The number of carbonyl (C=O) groups is 3. The Morgan fingerprint density at radius 1 is 0.750 bits per heavy atom. The number of nitrogens with two attached hydrogens (primary N) is 1. The Labute approximate surface area is 169 Å². The van der Waals surface area contributed by atoms with Crippen molar-refractivity contribution < 1.29 is 28.6 Å². The summed E-state index contributed by atoms with van der Waals surface area (Å²) in [6.07, 6.45) is 1.09. The molecule has 162 valence electrons. The topological polar surface area (TPSA) is 105 Å². The predicted octanol–water partition coefficient (Wildman–Crippen LogP) is 3.78. The van der Waals surface area contributed by atoms with Crippen molar-refractivity contribution >= 4 is 17.9 Å². The first-order valence-electron chi connectivity index (χ1n) is 9.60. The number of allylic oxidation sites excluding steroid dienone is 1. The van der Waals surface area contributed by atoms with Gasteiger partial charge in [-0.2, -0.15) is 0 Å². The minimum atomic E-state index is -0.901. The van der Waals surface area contributed by atoms with Gasteiger partial charge in [0.2, 0.25) is 0 Å². The van der Waals surface area contributed by atoms with E-state index in [2.05, 4.69) is 6.58 Å². The molecule has 0 aliphatic carbocycles. The maximum absolute atomic E-state index is 12.0. The molecule has 0 radical (unpaired) electrons. The molecule has 0 rings (SSSR count). The van der Waals surface area contributed by atoms with Gasteiger partial charge in [0.15, 0.2) is 0 Å². The molecule has 28 heavy (non-hydrogen) atoms. The first-order chi connectivity index (χ1) is 12.5. The Morgan fingerprint density at radius 2 is 1.07 bits per heavy atom. The number of carbonyl (C=O) groups excluding carboxylic acids is 3. The zero-order chi connectivity index (χ0) is 22.2. The highest BCUT2D eigenvalue weighted by Crippen LogP contribution is 2.25. The van der Waals surface area contributed by atoms with Crippen LogP contribution < -0.4 is 5.73 Å². The van der Waals surface area contributed by atoms with Crippen LogP contribution in [0, 0.1) is 0 Å². The van der Waals surface area contributed by atoms with Crippen LogP contribution in [0.5, 0.6) is 0 Å². The van der Waals surface area contributed by atoms with Gasteiger partial charge in [-0.15, -0.1) is 0 Å². The second-order valence-electron chi connectivity index (χ2n) is 9.21. The van der Waals surface area contributed by atoms with Gasteiger partial charge in [0, 0.05) is 24.8 Å². The molecule has 0 aromatic carbocycles. The lowest BCUT2D eigenvalue weighted by molar-refractivity contribution is -0.155. The number of hydrogen-bond acceptors (Lipinski definition) is 7. The largest absolute Gasteiger partial charge is 0.460 e. The maximum Gasteiger partial charge on any atom is 0.310 e. The van der Waals surface area contributed by atoms with Crippen LogP contribution in [-0.4, -0.2) is 34.6 Å². The van der Waals surface area contributed by atoms with Gasteiger partial charge in [-0.25, -0.2) is 0 Å². The maximum atomic E-state index is 12.0. The van der Waals surface area contributed by atoms with Crippen LogP contribution in [0.2, 0.25) is 0 Å². The second-order valence-corrected chi connectivity index (χ2v) is 9.21. The standard InChI is InChI=1S/C21H37NO6/c1-15(2)26-16(23)9-12-21(22,13-10-17(24)27-19(3,4)5)14-11-18(25)28-20(6,7)8/h1,9-14,22H2,2-8H3. The van der Waals surface area contributed by atoms with Crippen LogP contribution in [0.4, 0.5) is 0 Å². The smallest absolute Gasteiger partial charge is 0.310 e. The third-order valence-electron chi connectivity index (χ3n) is 3.61. The van der Waals surface area contributed by atoms with E-state index in [0.717, 1.165) is 0 Å². The Balaban J connectivity index is 4.93. The minimum Gasteiger partial charge on any atom is -0.460 e. The molecular weight excluding hydrogens is 362 g/mol. The molecule has 7 heteroatoms. The third kappa shape index (κ3) is 14.2. The molecule has 0 heterocycles. The summed E-state index contributed by atoms with van der Waals surface area (Å²) in [5.74, 6) is -0.889. The van der Waals surface area contributed by atoms with Crippen molar-refractivity contribution in [3.63, 3.8) is 0 Å². The molecule has 0 atom stereocenters. The van der Waals surface area contributed by atoms with Gasteiger partial charge >= 0.3 is 17.9 Å². The van der Waals surface area contributed by atoms with Crippen LogP contribution >= 0.6 is 0 Å². The summed E-state index contributed by atoms with van der Waals surface area (Å²) >= 11 is 0. The van der Waals surface area contributed by atoms with Gasteiger partial charge in [-0.1, -0.05) is 6.58 Å². The fourth-order valence-electron chi connectivity index (χ4n) is 2.46. The monoisotopic (exact) mass is 399 g/mol. The van der Waals surface area contributed by atoms with E-state index in [4.69, 9.17) is 19.9 Å². The van der Waals surface area contributed by atoms with E-state index in [0.29, 0.717) is 5.76 Å². The van der Waals surface area contributed by atoms with Crippen molar-refractivity contribution in [3.05, 3.63) is 12.3 Å². The zero-order valence-corrected chi connectivity index (χ0v) is 18.5. The van der Waals surface area contributed by atoms with Crippen LogP contribution in [0.15, 0.2) is 12.3 Å². The Hall–Kier alpha value is -1.89. The normalized spacial score (nSPS) is 12.3. The predicted molar refractivity (Wildman–Crippen MR) is 107 cm³/mol. The number of rotatable bonds is 10. The van der Waals surface area contributed by atoms with Crippen molar-refractivity contribution in [2.24, 2.45) is 5.73 Å². The second kappa shape index (κ2) is 10.6. The fourth-order valence-corrected chi connectivity index (χ4v) is 2.46. The summed E-state index contributed by atoms with van der Waals surface area (Å²) in [6, 6.07) is 0. The molecule has 0 spiro atoms. The van der Waals surface area contributed by atoms with Gasteiger partial charge in [-0.3, -0.25) is 14.4 Å². The van der Waals surface area contributed by atoms with E-state index >= 15 is 0 Å². The molecule has 0 aromatic heterocycles. The van der Waals surface area contributed by atoms with Crippen LogP contribution in [0.25, 0.3) is 0 Å². The Bertz CT molecular complexity index is 536. The van der Waals surface area contributed by atoms with Crippen molar-refractivity contribution in [2.45, 2.75) is 104 Å². The summed E-state index contributed by atoms with van der Waals surface area (Å²) < 4.78 is 15.6. The molecule has 7 nitrogen and oxygen atoms in total. The average molecular weight is 400 g/mol. The quantitative estimate of drug-likeness (QED) is 0.338. The summed E-state index contributed by atoms with van der Waals surface area (Å²) in [5, 5.41) is 0. The lowest BCUT2D eigenvalue weighted by atomic mass is 9.84. The number of hydrogen-bond donors (Lipinski definition) is 1. The first-order valence-corrected chi connectivity index (χ1v) is 9.60. The van der Waals surface area contributed by atoms with Gasteiger partial charge in [0.25, 0.3) is 0 Å². The molecule has 2 N–H and O–H groups in total. The van der Waals surface area contributed by atoms with Gasteiger partial charge in [0.05, 0.1) is 5.76 Å². The lowest BCUT2D eigenvalue weighted by Crippen LogP contribution is -2.42. The van der Waals surface area contributed by atoms with E-state index in [-0.39, 0.29) is 50.5 Å². The highest BCUT2D eigenvalue weighted by molar-refractivity contribution is 5.72. The van der Waals surface area contributed by atoms with Crippen molar-refractivity contribution in [1.82, 2.24) is 0 Å². The summed E-state index contributed by atoms with van der Waals surface area (Å²) in [4.78, 5) is 35.9. The van der Waals surface area contributed by atoms with E-state index in [1.165, 1.54) is 0 Å². The fraction of sp³-hybridized carbons (Fsp3) is 0.762. The molecule has 0 bridgehead atoms. The molecule has 0 aliphatic rings. The molecule has 0 amide bonds. The Morgan fingerprint density at radius 3 is 1.36 bits per heavy atom. The van der Waals surface area contributed by atoms with Gasteiger partial charge in [0.1, 0.15) is 11.2 Å². The molecule has 0 aliphatic heterocycles. The highest BCUT2D eigenvalue weighted by Gasteiger charge is 2.30. The van der Waals surface area contributed by atoms with Crippen LogP contribution in [0.3, 0.4) is 0 Å². The summed E-state index contributed by atoms with van der Waals surface area (Å²) in [6.45, 7) is 15.8. The van der Waals surface area contributed by atoms with E-state index in [9.17, 15) is 14.4 Å². The van der Waals surface area contributed by atoms with E-state index in [1.54, 1.807) is 48.5 Å². The van der Waals surface area contributed by atoms with E-state index in [1.807, 2.05) is 0 Å². The molecule has 0 saturated heterocycles. The van der Waals surface area contributed by atoms with Crippen molar-refractivity contribution in [3.8, 4) is 0 Å². The van der Waals surface area contributed by atoms with Crippen molar-refractivity contribution in [2.75, 3.05) is 0 Å². The minimum absolute atomic E-state index is 0.0615. The SMILES string of the molecule is C=C(C)OC(=O)CCC(N)(CCC(=O)OC(C)(C)C)CCC(=O)OC(C)(C)C. The molecular formula is C21H37NO6. The molecule has 0 aromatic rings. The van der Waals surface area contributed by atoms with Crippen LogP contribution in [0.1, 0.15) is 87.0 Å². The zero-order valence-electron chi connectivity index (χ0n) is 18.5. The third-order valence-corrected chi connectivity index (χ3v) is 3.61. The summed E-state index contributed by atoms with van der Waals surface area (Å²) in [7, 11) is 0.